The van der Waals surface area contributed by atoms with Crippen molar-refractivity contribution in [3.05, 3.63) is 12.2 Å². The molecule has 0 amide bonds. The lowest BCUT2D eigenvalue weighted by molar-refractivity contribution is 0.399. The van der Waals surface area contributed by atoms with E-state index in [1.807, 2.05) is 14.1 Å². The highest BCUT2D eigenvalue weighted by Crippen LogP contribution is 2.10. The third kappa shape index (κ3) is 1.58. The highest BCUT2D eigenvalue weighted by atomic mass is 15.0. The van der Waals surface area contributed by atoms with E-state index >= 15 is 0 Å². The Kier molecular flexibility index (Phi) is 2.90. The topological polar surface area (TPSA) is 24.1 Å². The van der Waals surface area contributed by atoms with E-state index in [9.17, 15) is 0 Å². The minimum atomic E-state index is 0.620. The van der Waals surface area contributed by atoms with Gasteiger partial charge in [-0.05, 0) is 26.9 Å². The van der Waals surface area contributed by atoms with Gasteiger partial charge in [-0.25, -0.2) is 0 Å². The summed E-state index contributed by atoms with van der Waals surface area (Å²) in [6.45, 7) is 0. The molecule has 2 atom stereocenters. The highest BCUT2D eigenvalue weighted by Gasteiger charge is 2.17. The molecule has 1 aliphatic rings. The zero-order valence-corrected chi connectivity index (χ0v) is 6.72. The van der Waals surface area contributed by atoms with Gasteiger partial charge in [0.05, 0.1) is 0 Å². The summed E-state index contributed by atoms with van der Waals surface area (Å²) in [5.41, 5.74) is 0. The molecule has 10 heavy (non-hydrogen) atoms. The molecule has 0 aromatic heterocycles. The molecule has 0 fully saturated rings. The molecular weight excluding hydrogens is 124 g/mol. The minimum absolute atomic E-state index is 0.620. The smallest absolute Gasteiger partial charge is 0.0255 e. The predicted molar refractivity (Wildman–Crippen MR) is 44.1 cm³/mol. The van der Waals surface area contributed by atoms with Crippen molar-refractivity contribution in [2.24, 2.45) is 0 Å². The molecule has 0 heterocycles. The van der Waals surface area contributed by atoms with E-state index in [-0.39, 0.29) is 0 Å². The van der Waals surface area contributed by atoms with Gasteiger partial charge in [-0.15, -0.1) is 0 Å². The Hall–Kier alpha value is -0.340. The maximum atomic E-state index is 3.29. The zero-order valence-electron chi connectivity index (χ0n) is 6.72. The lowest BCUT2D eigenvalue weighted by atomic mass is 9.96. The molecule has 0 bridgehead atoms. The number of likely N-dealkylation sites (N-methyl/N-ethyl adjacent to an activating group) is 2. The largest absolute Gasteiger partial charge is 0.315 e. The monoisotopic (exact) mass is 140 g/mol. The van der Waals surface area contributed by atoms with Crippen molar-refractivity contribution < 1.29 is 0 Å². The number of rotatable bonds is 2. The second-order valence-electron chi connectivity index (χ2n) is 2.73. The maximum absolute atomic E-state index is 3.29. The van der Waals surface area contributed by atoms with Crippen LogP contribution in [0.25, 0.3) is 0 Å². The standard InChI is InChI=1S/C8H16N2/c1-9-7-5-3-4-6-8(7)10-2/h3-4,7-10H,5-6H2,1-2H3. The van der Waals surface area contributed by atoms with E-state index in [2.05, 4.69) is 22.8 Å². The molecule has 1 rings (SSSR count). The summed E-state index contributed by atoms with van der Waals surface area (Å²) >= 11 is 0. The molecule has 58 valence electrons. The van der Waals surface area contributed by atoms with E-state index in [1.54, 1.807) is 0 Å². The summed E-state index contributed by atoms with van der Waals surface area (Å²) < 4.78 is 0. The second kappa shape index (κ2) is 3.74. The van der Waals surface area contributed by atoms with Crippen LogP contribution in [0.4, 0.5) is 0 Å². The van der Waals surface area contributed by atoms with Crippen LogP contribution in [-0.2, 0) is 0 Å². The molecule has 1 aliphatic carbocycles. The Balaban J connectivity index is 2.45. The molecule has 0 aromatic rings. The van der Waals surface area contributed by atoms with Gasteiger partial charge in [-0.1, -0.05) is 12.2 Å². The summed E-state index contributed by atoms with van der Waals surface area (Å²) in [5.74, 6) is 0. The molecule has 2 N–H and O–H groups in total. The third-order valence-corrected chi connectivity index (χ3v) is 2.17. The molecule has 0 aromatic carbocycles. The van der Waals surface area contributed by atoms with Crippen LogP contribution in [0.5, 0.6) is 0 Å². The SMILES string of the molecule is CNC1CC=CCC1NC. The van der Waals surface area contributed by atoms with Crippen molar-refractivity contribution in [3.8, 4) is 0 Å². The normalized spacial score (nSPS) is 32.6. The van der Waals surface area contributed by atoms with Gasteiger partial charge in [0, 0.05) is 12.1 Å². The number of hydrogen-bond acceptors (Lipinski definition) is 2. The van der Waals surface area contributed by atoms with E-state index in [4.69, 9.17) is 0 Å². The first-order valence-electron chi connectivity index (χ1n) is 3.88. The van der Waals surface area contributed by atoms with Gasteiger partial charge in [0.15, 0.2) is 0 Å². The predicted octanol–water partition coefficient (Wildman–Crippen LogP) is 0.512. The molecule has 0 saturated heterocycles. The molecule has 2 heteroatoms. The summed E-state index contributed by atoms with van der Waals surface area (Å²) in [6, 6.07) is 1.24. The quantitative estimate of drug-likeness (QED) is 0.546. The van der Waals surface area contributed by atoms with Crippen molar-refractivity contribution in [2.75, 3.05) is 14.1 Å². The van der Waals surface area contributed by atoms with E-state index in [0.717, 1.165) is 12.8 Å². The maximum Gasteiger partial charge on any atom is 0.0255 e. The van der Waals surface area contributed by atoms with Crippen molar-refractivity contribution in [2.45, 2.75) is 24.9 Å². The summed E-state index contributed by atoms with van der Waals surface area (Å²) in [5, 5.41) is 6.58. The van der Waals surface area contributed by atoms with Crippen molar-refractivity contribution in [3.63, 3.8) is 0 Å². The zero-order chi connectivity index (χ0) is 7.40. The average Bonchev–Trinajstić information content (AvgIpc) is 2.04. The van der Waals surface area contributed by atoms with Crippen molar-refractivity contribution in [1.82, 2.24) is 10.6 Å². The van der Waals surface area contributed by atoms with Gasteiger partial charge in [0.1, 0.15) is 0 Å². The Labute approximate surface area is 62.7 Å². The van der Waals surface area contributed by atoms with Crippen LogP contribution in [0.1, 0.15) is 12.8 Å². The van der Waals surface area contributed by atoms with Crippen molar-refractivity contribution in [1.29, 1.82) is 0 Å². The second-order valence-corrected chi connectivity index (χ2v) is 2.73. The molecule has 0 aliphatic heterocycles. The van der Waals surface area contributed by atoms with Gasteiger partial charge in [-0.3, -0.25) is 0 Å². The summed E-state index contributed by atoms with van der Waals surface area (Å²) in [7, 11) is 4.04. The fourth-order valence-corrected chi connectivity index (χ4v) is 1.45. The number of nitrogens with one attached hydrogen (secondary N) is 2. The molecule has 0 radical (unpaired) electrons. The molecule has 2 nitrogen and oxygen atoms in total. The van der Waals surface area contributed by atoms with Crippen LogP contribution in [0.3, 0.4) is 0 Å². The van der Waals surface area contributed by atoms with Crippen molar-refractivity contribution >= 4 is 0 Å². The van der Waals surface area contributed by atoms with E-state index in [1.165, 1.54) is 0 Å². The van der Waals surface area contributed by atoms with Gasteiger partial charge >= 0.3 is 0 Å². The molecular formula is C8H16N2. The Morgan fingerprint density at radius 2 is 1.40 bits per heavy atom. The molecule has 0 saturated carbocycles. The first-order chi connectivity index (χ1) is 4.88. The Morgan fingerprint density at radius 1 is 1.00 bits per heavy atom. The average molecular weight is 140 g/mol. The van der Waals surface area contributed by atoms with Gasteiger partial charge < -0.3 is 10.6 Å². The lowest BCUT2D eigenvalue weighted by Crippen LogP contribution is -2.45. The van der Waals surface area contributed by atoms with Gasteiger partial charge in [-0.2, -0.15) is 0 Å². The van der Waals surface area contributed by atoms with Gasteiger partial charge in [0.25, 0.3) is 0 Å². The Morgan fingerprint density at radius 3 is 1.70 bits per heavy atom. The number of hydrogen-bond donors (Lipinski definition) is 2. The van der Waals surface area contributed by atoms with Crippen LogP contribution in [0, 0.1) is 0 Å². The minimum Gasteiger partial charge on any atom is -0.315 e. The summed E-state index contributed by atoms with van der Waals surface area (Å²) in [4.78, 5) is 0. The Bertz CT molecular complexity index is 106. The van der Waals surface area contributed by atoms with Crippen LogP contribution in [0.15, 0.2) is 12.2 Å². The van der Waals surface area contributed by atoms with Crippen LogP contribution in [0.2, 0.25) is 0 Å². The van der Waals surface area contributed by atoms with E-state index < -0.39 is 0 Å². The first kappa shape index (κ1) is 7.76. The highest BCUT2D eigenvalue weighted by molar-refractivity contribution is 5.00. The lowest BCUT2D eigenvalue weighted by Gasteiger charge is -2.27. The fourth-order valence-electron chi connectivity index (χ4n) is 1.45. The molecule has 2 unspecified atom stereocenters. The molecule has 0 spiro atoms. The fraction of sp³-hybridized carbons (Fsp3) is 0.750. The third-order valence-electron chi connectivity index (χ3n) is 2.17. The van der Waals surface area contributed by atoms with Crippen LogP contribution < -0.4 is 10.6 Å². The first-order valence-corrected chi connectivity index (χ1v) is 3.88. The summed E-state index contributed by atoms with van der Waals surface area (Å²) in [6.07, 6.45) is 6.80. The van der Waals surface area contributed by atoms with Crippen LogP contribution >= 0.6 is 0 Å². The van der Waals surface area contributed by atoms with E-state index in [0.29, 0.717) is 12.1 Å². The van der Waals surface area contributed by atoms with Crippen LogP contribution in [-0.4, -0.2) is 26.2 Å². The van der Waals surface area contributed by atoms with Gasteiger partial charge in [0.2, 0.25) is 0 Å².